The molecule has 0 bridgehead atoms. The molecule has 1 fully saturated rings. The molecular formula is C12H24N2O2. The van der Waals surface area contributed by atoms with Crippen molar-refractivity contribution < 1.29 is 9.53 Å². The van der Waals surface area contributed by atoms with Crippen LogP contribution in [0, 0.1) is 5.41 Å². The smallest absolute Gasteiger partial charge is 0.246 e. The minimum atomic E-state index is -0.0175. The first-order valence-corrected chi connectivity index (χ1v) is 6.11. The second-order valence-electron chi connectivity index (χ2n) is 5.37. The van der Waals surface area contributed by atoms with E-state index in [1.54, 1.807) is 0 Å². The van der Waals surface area contributed by atoms with E-state index in [-0.39, 0.29) is 12.5 Å². The Kier molecular flexibility index (Phi) is 5.22. The molecule has 0 spiro atoms. The predicted molar refractivity (Wildman–Crippen MR) is 64.1 cm³/mol. The number of hydrogen-bond donors (Lipinski definition) is 2. The second kappa shape index (κ2) is 6.21. The van der Waals surface area contributed by atoms with Gasteiger partial charge in [-0.2, -0.15) is 0 Å². The van der Waals surface area contributed by atoms with E-state index in [0.717, 1.165) is 12.8 Å². The Bertz CT molecular complexity index is 229. The summed E-state index contributed by atoms with van der Waals surface area (Å²) in [5, 5.41) is 3.03. The second-order valence-corrected chi connectivity index (χ2v) is 5.37. The number of rotatable bonds is 5. The lowest BCUT2D eigenvalue weighted by atomic mass is 9.75. The Morgan fingerprint density at radius 1 is 1.56 bits per heavy atom. The summed E-state index contributed by atoms with van der Waals surface area (Å²) >= 11 is 0. The molecule has 0 aromatic rings. The summed E-state index contributed by atoms with van der Waals surface area (Å²) < 4.78 is 5.10. The highest BCUT2D eigenvalue weighted by Crippen LogP contribution is 2.34. The highest BCUT2D eigenvalue weighted by Gasteiger charge is 2.28. The minimum Gasteiger partial charge on any atom is -0.370 e. The van der Waals surface area contributed by atoms with E-state index in [4.69, 9.17) is 10.5 Å². The summed E-state index contributed by atoms with van der Waals surface area (Å²) in [6.07, 6.45) is 4.60. The topological polar surface area (TPSA) is 64.3 Å². The van der Waals surface area contributed by atoms with Crippen molar-refractivity contribution >= 4 is 5.91 Å². The van der Waals surface area contributed by atoms with Crippen LogP contribution in [0.5, 0.6) is 0 Å². The maximum atomic E-state index is 11.5. The predicted octanol–water partition coefficient (Wildman–Crippen LogP) is 1.05. The average Bonchev–Trinajstić information content (AvgIpc) is 2.16. The lowest BCUT2D eigenvalue weighted by molar-refractivity contribution is -0.126. The van der Waals surface area contributed by atoms with E-state index in [9.17, 15) is 4.79 Å². The maximum absolute atomic E-state index is 11.5. The third-order valence-corrected chi connectivity index (χ3v) is 3.07. The molecule has 16 heavy (non-hydrogen) atoms. The van der Waals surface area contributed by atoms with Gasteiger partial charge in [-0.15, -0.1) is 0 Å². The summed E-state index contributed by atoms with van der Waals surface area (Å²) in [6.45, 7) is 5.56. The van der Waals surface area contributed by atoms with E-state index in [2.05, 4.69) is 19.2 Å². The third kappa shape index (κ3) is 4.94. The van der Waals surface area contributed by atoms with Gasteiger partial charge >= 0.3 is 0 Å². The number of carbonyl (C=O) groups excluding carboxylic acids is 1. The number of amides is 1. The molecule has 1 rings (SSSR count). The molecule has 0 aliphatic heterocycles. The minimum absolute atomic E-state index is 0.0175. The monoisotopic (exact) mass is 228 g/mol. The first-order valence-electron chi connectivity index (χ1n) is 6.11. The number of carbonyl (C=O) groups is 1. The summed E-state index contributed by atoms with van der Waals surface area (Å²) in [4.78, 5) is 11.5. The molecule has 1 aliphatic carbocycles. The molecule has 1 amide bonds. The van der Waals surface area contributed by atoms with Crippen LogP contribution in [-0.4, -0.2) is 31.7 Å². The highest BCUT2D eigenvalue weighted by molar-refractivity contribution is 5.77. The van der Waals surface area contributed by atoms with Crippen LogP contribution in [0.15, 0.2) is 0 Å². The van der Waals surface area contributed by atoms with Crippen molar-refractivity contribution in [2.75, 3.05) is 19.8 Å². The molecule has 4 nitrogen and oxygen atoms in total. The molecule has 3 N–H and O–H groups in total. The van der Waals surface area contributed by atoms with Crippen LogP contribution >= 0.6 is 0 Å². The molecule has 1 unspecified atom stereocenters. The molecule has 0 aromatic carbocycles. The number of nitrogens with one attached hydrogen (secondary N) is 1. The Morgan fingerprint density at radius 2 is 2.31 bits per heavy atom. The molecule has 1 saturated carbocycles. The normalized spacial score (nSPS) is 24.1. The fourth-order valence-electron chi connectivity index (χ4n) is 2.34. The van der Waals surface area contributed by atoms with Crippen molar-refractivity contribution in [2.24, 2.45) is 11.1 Å². The van der Waals surface area contributed by atoms with Gasteiger partial charge < -0.3 is 15.8 Å². The molecule has 0 radical (unpaired) electrons. The van der Waals surface area contributed by atoms with Crippen LogP contribution in [0.25, 0.3) is 0 Å². The van der Waals surface area contributed by atoms with Gasteiger partial charge in [0.1, 0.15) is 6.61 Å². The first kappa shape index (κ1) is 13.5. The van der Waals surface area contributed by atoms with Gasteiger partial charge in [-0.1, -0.05) is 20.3 Å². The summed E-state index contributed by atoms with van der Waals surface area (Å²) in [5.41, 5.74) is 5.63. The lowest BCUT2D eigenvalue weighted by Crippen LogP contribution is -2.42. The van der Waals surface area contributed by atoms with E-state index in [1.165, 1.54) is 12.8 Å². The van der Waals surface area contributed by atoms with Crippen LogP contribution in [0.4, 0.5) is 0 Å². The van der Waals surface area contributed by atoms with Crippen molar-refractivity contribution in [2.45, 2.75) is 45.6 Å². The lowest BCUT2D eigenvalue weighted by Gasteiger charge is -2.35. The third-order valence-electron chi connectivity index (χ3n) is 3.07. The average molecular weight is 228 g/mol. The van der Waals surface area contributed by atoms with Gasteiger partial charge in [-0.05, 0) is 24.7 Å². The van der Waals surface area contributed by atoms with Gasteiger partial charge in [0.15, 0.2) is 0 Å². The van der Waals surface area contributed by atoms with Crippen molar-refractivity contribution in [3.8, 4) is 0 Å². The van der Waals surface area contributed by atoms with Crippen molar-refractivity contribution in [1.29, 1.82) is 0 Å². The zero-order valence-electron chi connectivity index (χ0n) is 10.4. The Labute approximate surface area is 97.9 Å². The number of ether oxygens (including phenoxy) is 1. The maximum Gasteiger partial charge on any atom is 0.246 e. The summed E-state index contributed by atoms with van der Waals surface area (Å²) in [5.74, 6) is -0.0175. The van der Waals surface area contributed by atoms with Crippen molar-refractivity contribution in [1.82, 2.24) is 5.32 Å². The van der Waals surface area contributed by atoms with Crippen molar-refractivity contribution in [3.05, 3.63) is 0 Å². The molecule has 4 heteroatoms. The van der Waals surface area contributed by atoms with Crippen LogP contribution in [0.2, 0.25) is 0 Å². The van der Waals surface area contributed by atoms with E-state index in [0.29, 0.717) is 24.6 Å². The van der Waals surface area contributed by atoms with Crippen LogP contribution in [-0.2, 0) is 9.53 Å². The number of hydrogen-bond acceptors (Lipinski definition) is 3. The quantitative estimate of drug-likeness (QED) is 0.691. The van der Waals surface area contributed by atoms with Crippen LogP contribution < -0.4 is 11.1 Å². The molecule has 0 aromatic heterocycles. The summed E-state index contributed by atoms with van der Waals surface area (Å²) in [7, 11) is 0. The van der Waals surface area contributed by atoms with Gasteiger partial charge in [0.25, 0.3) is 0 Å². The SMILES string of the molecule is CC1(C)CCCC(NC(=O)COCCN)C1. The standard InChI is InChI=1S/C12H24N2O2/c1-12(2)5-3-4-10(8-12)14-11(15)9-16-7-6-13/h10H,3-9,13H2,1-2H3,(H,14,15). The largest absolute Gasteiger partial charge is 0.370 e. The van der Waals surface area contributed by atoms with E-state index in [1.807, 2.05) is 0 Å². The van der Waals surface area contributed by atoms with E-state index < -0.39 is 0 Å². The molecule has 1 aliphatic rings. The Balaban J connectivity index is 2.23. The molecule has 0 saturated heterocycles. The zero-order chi connectivity index (χ0) is 12.0. The Hall–Kier alpha value is -0.610. The van der Waals surface area contributed by atoms with Gasteiger partial charge in [-0.25, -0.2) is 0 Å². The van der Waals surface area contributed by atoms with Crippen LogP contribution in [0.3, 0.4) is 0 Å². The van der Waals surface area contributed by atoms with Gasteiger partial charge in [0.05, 0.1) is 6.61 Å². The molecule has 1 atom stereocenters. The number of nitrogens with two attached hydrogens (primary N) is 1. The Morgan fingerprint density at radius 3 is 2.94 bits per heavy atom. The fraction of sp³-hybridized carbons (Fsp3) is 0.917. The zero-order valence-corrected chi connectivity index (χ0v) is 10.4. The molecule has 0 heterocycles. The molecule has 94 valence electrons. The fourth-order valence-corrected chi connectivity index (χ4v) is 2.34. The first-order chi connectivity index (χ1) is 7.53. The van der Waals surface area contributed by atoms with E-state index >= 15 is 0 Å². The summed E-state index contributed by atoms with van der Waals surface area (Å²) in [6, 6.07) is 0.317. The van der Waals surface area contributed by atoms with Crippen molar-refractivity contribution in [3.63, 3.8) is 0 Å². The van der Waals surface area contributed by atoms with Gasteiger partial charge in [-0.3, -0.25) is 4.79 Å². The van der Waals surface area contributed by atoms with Gasteiger partial charge in [0, 0.05) is 12.6 Å². The van der Waals surface area contributed by atoms with Gasteiger partial charge in [0.2, 0.25) is 5.91 Å². The molecular weight excluding hydrogens is 204 g/mol. The van der Waals surface area contributed by atoms with Crippen LogP contribution in [0.1, 0.15) is 39.5 Å². The highest BCUT2D eigenvalue weighted by atomic mass is 16.5.